The van der Waals surface area contributed by atoms with Gasteiger partial charge < -0.3 is 15.0 Å². The molecule has 5 nitrogen and oxygen atoms in total. The Morgan fingerprint density at radius 2 is 2.00 bits per heavy atom. The third-order valence-corrected chi connectivity index (χ3v) is 5.10. The highest BCUT2D eigenvalue weighted by Crippen LogP contribution is 2.31. The second-order valence-corrected chi connectivity index (χ2v) is 6.61. The van der Waals surface area contributed by atoms with Crippen molar-refractivity contribution in [3.05, 3.63) is 36.0 Å². The van der Waals surface area contributed by atoms with Crippen molar-refractivity contribution in [3.63, 3.8) is 0 Å². The minimum absolute atomic E-state index is 0.0914. The third kappa shape index (κ3) is 3.30. The topological polar surface area (TPSA) is 73.4 Å². The molecule has 2 aromatic rings. The fourth-order valence-electron chi connectivity index (χ4n) is 3.71. The lowest BCUT2D eigenvalue weighted by Crippen LogP contribution is -2.38. The van der Waals surface area contributed by atoms with Gasteiger partial charge in [-0.25, -0.2) is 0 Å². The first-order valence-corrected chi connectivity index (χ1v) is 8.66. The number of nitrogens with one attached hydrogen (secondary N) is 1. The number of carboxylic acid groups (broad SMARTS) is 1. The summed E-state index contributed by atoms with van der Waals surface area (Å²) in [5.74, 6) is -1.22. The molecule has 0 radical (unpaired) electrons. The zero-order valence-electron chi connectivity index (χ0n) is 14.0. The van der Waals surface area contributed by atoms with Crippen LogP contribution in [0, 0.1) is 11.8 Å². The van der Waals surface area contributed by atoms with Crippen LogP contribution in [-0.4, -0.2) is 33.4 Å². The lowest BCUT2D eigenvalue weighted by molar-refractivity contribution is -0.145. The molecule has 1 aromatic carbocycles. The normalized spacial score (nSPS) is 20.9. The van der Waals surface area contributed by atoms with Crippen LogP contribution in [0.1, 0.15) is 38.2 Å². The van der Waals surface area contributed by atoms with Crippen molar-refractivity contribution >= 4 is 22.8 Å². The maximum Gasteiger partial charge on any atom is 0.306 e. The van der Waals surface area contributed by atoms with Gasteiger partial charge in [-0.15, -0.1) is 0 Å². The van der Waals surface area contributed by atoms with E-state index in [0.29, 0.717) is 25.9 Å². The van der Waals surface area contributed by atoms with Gasteiger partial charge in [0.2, 0.25) is 5.91 Å². The predicted molar refractivity (Wildman–Crippen MR) is 92.5 cm³/mol. The van der Waals surface area contributed by atoms with E-state index in [1.807, 2.05) is 36.2 Å². The molecule has 3 rings (SSSR count). The Morgan fingerprint density at radius 3 is 2.75 bits per heavy atom. The van der Waals surface area contributed by atoms with E-state index in [1.54, 1.807) is 0 Å². The number of para-hydroxylation sites is 1. The number of carbonyl (C=O) groups is 2. The number of rotatable bonds is 5. The molecule has 1 aliphatic carbocycles. The molecule has 0 saturated heterocycles. The molecular formula is C19H24N2O3. The van der Waals surface area contributed by atoms with Gasteiger partial charge in [-0.1, -0.05) is 24.6 Å². The Hall–Kier alpha value is -2.30. The number of carbonyl (C=O) groups excluding carboxylic acids is 1. The molecule has 2 N–H and O–H groups in total. The number of amides is 1. The van der Waals surface area contributed by atoms with Gasteiger partial charge in [0.1, 0.15) is 0 Å². The molecule has 1 heterocycles. The quantitative estimate of drug-likeness (QED) is 0.883. The van der Waals surface area contributed by atoms with Crippen LogP contribution in [0.2, 0.25) is 0 Å². The molecule has 1 fully saturated rings. The minimum atomic E-state index is -0.771. The number of aromatic amines is 1. The van der Waals surface area contributed by atoms with Gasteiger partial charge in [-0.05, 0) is 37.8 Å². The first-order valence-electron chi connectivity index (χ1n) is 8.66. The van der Waals surface area contributed by atoms with Crippen LogP contribution in [-0.2, 0) is 16.1 Å². The fourth-order valence-corrected chi connectivity index (χ4v) is 3.71. The number of aromatic nitrogens is 1. The lowest BCUT2D eigenvalue weighted by Gasteiger charge is -2.30. The van der Waals surface area contributed by atoms with E-state index < -0.39 is 5.97 Å². The van der Waals surface area contributed by atoms with Gasteiger partial charge in [0.15, 0.2) is 0 Å². The van der Waals surface area contributed by atoms with Crippen LogP contribution in [0.15, 0.2) is 30.5 Å². The number of hydrogen-bond donors (Lipinski definition) is 2. The molecule has 1 amide bonds. The van der Waals surface area contributed by atoms with Gasteiger partial charge in [-0.3, -0.25) is 9.59 Å². The summed E-state index contributed by atoms with van der Waals surface area (Å²) in [7, 11) is 0. The van der Waals surface area contributed by atoms with Crippen LogP contribution < -0.4 is 0 Å². The first-order chi connectivity index (χ1) is 11.6. The average Bonchev–Trinajstić information content (AvgIpc) is 3.02. The van der Waals surface area contributed by atoms with Gasteiger partial charge in [0.05, 0.1) is 5.92 Å². The van der Waals surface area contributed by atoms with Gasteiger partial charge in [0, 0.05) is 36.1 Å². The van der Waals surface area contributed by atoms with Crippen LogP contribution in [0.4, 0.5) is 0 Å². The van der Waals surface area contributed by atoms with Crippen molar-refractivity contribution < 1.29 is 14.7 Å². The van der Waals surface area contributed by atoms with Crippen molar-refractivity contribution in [1.29, 1.82) is 0 Å². The van der Waals surface area contributed by atoms with E-state index in [-0.39, 0.29) is 17.7 Å². The van der Waals surface area contributed by atoms with Crippen molar-refractivity contribution in [2.75, 3.05) is 6.54 Å². The molecule has 5 heteroatoms. The Labute approximate surface area is 141 Å². The summed E-state index contributed by atoms with van der Waals surface area (Å²) in [6, 6.07) is 8.06. The van der Waals surface area contributed by atoms with Crippen molar-refractivity contribution in [2.24, 2.45) is 11.8 Å². The number of benzene rings is 1. The van der Waals surface area contributed by atoms with Crippen molar-refractivity contribution in [1.82, 2.24) is 9.88 Å². The molecule has 0 aliphatic heterocycles. The predicted octanol–water partition coefficient (Wildman–Crippen LogP) is 3.41. The molecular weight excluding hydrogens is 304 g/mol. The fraction of sp³-hybridized carbons (Fsp3) is 0.474. The Balaban J connectivity index is 1.73. The van der Waals surface area contributed by atoms with Crippen LogP contribution in [0.5, 0.6) is 0 Å². The van der Waals surface area contributed by atoms with Crippen molar-refractivity contribution in [2.45, 2.75) is 39.2 Å². The number of hydrogen-bond acceptors (Lipinski definition) is 2. The summed E-state index contributed by atoms with van der Waals surface area (Å²) in [5, 5.41) is 10.4. The van der Waals surface area contributed by atoms with E-state index in [1.165, 1.54) is 0 Å². The highest BCUT2D eigenvalue weighted by molar-refractivity contribution is 5.84. The number of nitrogens with zero attached hydrogens (tertiary/aromatic N) is 1. The molecule has 2 unspecified atom stereocenters. The summed E-state index contributed by atoms with van der Waals surface area (Å²) in [6.45, 7) is 3.17. The maximum absolute atomic E-state index is 12.9. The standard InChI is InChI=1S/C19H24N2O3/c1-2-21(12-15-11-20-17-9-4-3-8-16(15)17)18(22)13-6-5-7-14(10-13)19(23)24/h3-4,8-9,11,13-14,20H,2,5-7,10,12H2,1H3,(H,23,24). The minimum Gasteiger partial charge on any atom is -0.481 e. The molecule has 0 spiro atoms. The molecule has 1 saturated carbocycles. The Morgan fingerprint density at radius 1 is 1.25 bits per heavy atom. The zero-order chi connectivity index (χ0) is 17.1. The highest BCUT2D eigenvalue weighted by atomic mass is 16.4. The highest BCUT2D eigenvalue weighted by Gasteiger charge is 2.33. The molecule has 2 atom stereocenters. The van der Waals surface area contributed by atoms with Crippen molar-refractivity contribution in [3.8, 4) is 0 Å². The maximum atomic E-state index is 12.9. The van der Waals surface area contributed by atoms with E-state index in [2.05, 4.69) is 11.1 Å². The average molecular weight is 328 g/mol. The van der Waals surface area contributed by atoms with E-state index in [0.717, 1.165) is 29.3 Å². The molecule has 128 valence electrons. The summed E-state index contributed by atoms with van der Waals surface area (Å²) in [4.78, 5) is 29.2. The molecule has 24 heavy (non-hydrogen) atoms. The third-order valence-electron chi connectivity index (χ3n) is 5.10. The molecule has 0 bridgehead atoms. The SMILES string of the molecule is CCN(Cc1c[nH]c2ccccc12)C(=O)C1CCCC(C(=O)O)C1. The summed E-state index contributed by atoms with van der Waals surface area (Å²) >= 11 is 0. The van der Waals surface area contributed by atoms with E-state index >= 15 is 0 Å². The van der Waals surface area contributed by atoms with Crippen LogP contribution in [0.25, 0.3) is 10.9 Å². The van der Waals surface area contributed by atoms with Crippen LogP contribution in [0.3, 0.4) is 0 Å². The summed E-state index contributed by atoms with van der Waals surface area (Å²) < 4.78 is 0. The summed E-state index contributed by atoms with van der Waals surface area (Å²) in [5.41, 5.74) is 2.17. The number of carboxylic acids is 1. The lowest BCUT2D eigenvalue weighted by atomic mass is 9.80. The van der Waals surface area contributed by atoms with Gasteiger partial charge in [-0.2, -0.15) is 0 Å². The van der Waals surface area contributed by atoms with Crippen LogP contribution >= 0.6 is 0 Å². The zero-order valence-corrected chi connectivity index (χ0v) is 14.0. The Kier molecular flexibility index (Phi) is 4.88. The first kappa shape index (κ1) is 16.6. The number of aliphatic carboxylic acids is 1. The monoisotopic (exact) mass is 328 g/mol. The largest absolute Gasteiger partial charge is 0.481 e. The molecule has 1 aliphatic rings. The second-order valence-electron chi connectivity index (χ2n) is 6.61. The molecule has 1 aromatic heterocycles. The second kappa shape index (κ2) is 7.07. The smallest absolute Gasteiger partial charge is 0.306 e. The van der Waals surface area contributed by atoms with E-state index in [9.17, 15) is 14.7 Å². The van der Waals surface area contributed by atoms with Gasteiger partial charge in [0.25, 0.3) is 0 Å². The van der Waals surface area contributed by atoms with E-state index in [4.69, 9.17) is 0 Å². The van der Waals surface area contributed by atoms with Gasteiger partial charge >= 0.3 is 5.97 Å². The Bertz CT molecular complexity index is 737. The number of H-pyrrole nitrogens is 1. The summed E-state index contributed by atoms with van der Waals surface area (Å²) in [6.07, 6.45) is 4.73. The number of fused-ring (bicyclic) bond motifs is 1.